The quantitative estimate of drug-likeness (QED) is 0.847. The van der Waals surface area contributed by atoms with Gasteiger partial charge < -0.3 is 14.6 Å². The molecule has 1 atom stereocenters. The summed E-state index contributed by atoms with van der Waals surface area (Å²) in [6, 6.07) is 1.74. The fourth-order valence-electron chi connectivity index (χ4n) is 2.18. The van der Waals surface area contributed by atoms with E-state index in [2.05, 4.69) is 20.9 Å². The Labute approximate surface area is 114 Å². The van der Waals surface area contributed by atoms with Gasteiger partial charge in [-0.3, -0.25) is 9.59 Å². The van der Waals surface area contributed by atoms with Crippen molar-refractivity contribution in [3.63, 3.8) is 0 Å². The number of hydrogen-bond donors (Lipinski definition) is 1. The predicted octanol–water partition coefficient (Wildman–Crippen LogP) is 1.80. The third kappa shape index (κ3) is 2.75. The number of H-pyrrole nitrogens is 1. The second-order valence-corrected chi connectivity index (χ2v) is 5.26. The lowest BCUT2D eigenvalue weighted by Crippen LogP contribution is -2.42. The first-order valence-corrected chi connectivity index (χ1v) is 6.62. The molecule has 1 aliphatic heterocycles. The standard InChI is InChI=1S/C12H15BrN2O3/c1-18-12(17)8-3-2-4-15(7-8)11(16)10-5-9(13)6-14-10/h5-6,8,14H,2-4,7H2,1H3. The highest BCUT2D eigenvalue weighted by Gasteiger charge is 2.29. The Bertz CT molecular complexity index is 458. The number of carbonyl (C=O) groups is 2. The highest BCUT2D eigenvalue weighted by atomic mass is 79.9. The summed E-state index contributed by atoms with van der Waals surface area (Å²) in [4.78, 5) is 28.3. The molecule has 1 unspecified atom stereocenters. The van der Waals surface area contributed by atoms with Crippen LogP contribution in [0.4, 0.5) is 0 Å². The summed E-state index contributed by atoms with van der Waals surface area (Å²) >= 11 is 3.29. The number of piperidine rings is 1. The molecular weight excluding hydrogens is 300 g/mol. The summed E-state index contributed by atoms with van der Waals surface area (Å²) in [5.41, 5.74) is 0.535. The Kier molecular flexibility index (Phi) is 4.06. The van der Waals surface area contributed by atoms with Gasteiger partial charge in [-0.05, 0) is 34.8 Å². The van der Waals surface area contributed by atoms with Gasteiger partial charge in [-0.25, -0.2) is 0 Å². The second kappa shape index (κ2) is 5.56. The number of aromatic amines is 1. The van der Waals surface area contributed by atoms with Gasteiger partial charge >= 0.3 is 5.97 Å². The average Bonchev–Trinajstić information content (AvgIpc) is 2.83. The van der Waals surface area contributed by atoms with E-state index in [-0.39, 0.29) is 17.8 Å². The van der Waals surface area contributed by atoms with Gasteiger partial charge in [0.25, 0.3) is 5.91 Å². The number of methoxy groups -OCH3 is 1. The molecule has 2 rings (SSSR count). The van der Waals surface area contributed by atoms with Crippen LogP contribution >= 0.6 is 15.9 Å². The van der Waals surface area contributed by atoms with Gasteiger partial charge in [0, 0.05) is 23.8 Å². The molecule has 18 heavy (non-hydrogen) atoms. The van der Waals surface area contributed by atoms with Gasteiger partial charge in [0.05, 0.1) is 13.0 Å². The molecule has 1 amide bonds. The summed E-state index contributed by atoms with van der Waals surface area (Å²) in [6.45, 7) is 1.12. The topological polar surface area (TPSA) is 62.4 Å². The summed E-state index contributed by atoms with van der Waals surface area (Å²) < 4.78 is 5.58. The van der Waals surface area contributed by atoms with Crippen LogP contribution in [0.3, 0.4) is 0 Å². The Balaban J connectivity index is 2.05. The molecule has 2 heterocycles. The van der Waals surface area contributed by atoms with Crippen LogP contribution in [0.5, 0.6) is 0 Å². The van der Waals surface area contributed by atoms with Gasteiger partial charge in [0.15, 0.2) is 0 Å². The molecule has 0 bridgehead atoms. The van der Waals surface area contributed by atoms with Crippen molar-refractivity contribution in [3.8, 4) is 0 Å². The minimum Gasteiger partial charge on any atom is -0.469 e. The number of aromatic nitrogens is 1. The van der Waals surface area contributed by atoms with Gasteiger partial charge in [-0.15, -0.1) is 0 Å². The van der Waals surface area contributed by atoms with Crippen molar-refractivity contribution in [2.45, 2.75) is 12.8 Å². The maximum Gasteiger partial charge on any atom is 0.310 e. The van der Waals surface area contributed by atoms with Gasteiger partial charge in [-0.2, -0.15) is 0 Å². The molecule has 1 fully saturated rings. The third-order valence-electron chi connectivity index (χ3n) is 3.12. The molecule has 6 heteroatoms. The first-order valence-electron chi connectivity index (χ1n) is 5.83. The smallest absolute Gasteiger partial charge is 0.310 e. The molecule has 1 aromatic rings. The Morgan fingerprint density at radius 1 is 1.56 bits per heavy atom. The third-order valence-corrected chi connectivity index (χ3v) is 3.58. The zero-order chi connectivity index (χ0) is 13.1. The average molecular weight is 315 g/mol. The monoisotopic (exact) mass is 314 g/mol. The van der Waals surface area contributed by atoms with Gasteiger partial charge in [0.2, 0.25) is 0 Å². The zero-order valence-corrected chi connectivity index (χ0v) is 11.7. The van der Waals surface area contributed by atoms with Crippen molar-refractivity contribution in [3.05, 3.63) is 22.4 Å². The Hall–Kier alpha value is -1.30. The van der Waals surface area contributed by atoms with E-state index in [1.807, 2.05) is 0 Å². The number of nitrogens with one attached hydrogen (secondary N) is 1. The van der Waals surface area contributed by atoms with Crippen LogP contribution in [-0.2, 0) is 9.53 Å². The Morgan fingerprint density at radius 3 is 2.94 bits per heavy atom. The van der Waals surface area contributed by atoms with Crippen molar-refractivity contribution in [1.29, 1.82) is 0 Å². The fraction of sp³-hybridized carbons (Fsp3) is 0.500. The van der Waals surface area contributed by atoms with Crippen molar-refractivity contribution in [2.24, 2.45) is 5.92 Å². The largest absolute Gasteiger partial charge is 0.469 e. The van der Waals surface area contributed by atoms with Crippen LogP contribution in [-0.4, -0.2) is 42.0 Å². The number of carbonyl (C=O) groups excluding carboxylic acids is 2. The number of amides is 1. The number of ether oxygens (including phenoxy) is 1. The van der Waals surface area contributed by atoms with E-state index < -0.39 is 0 Å². The van der Waals surface area contributed by atoms with E-state index in [9.17, 15) is 9.59 Å². The molecule has 1 N–H and O–H groups in total. The van der Waals surface area contributed by atoms with Crippen molar-refractivity contribution in [2.75, 3.05) is 20.2 Å². The van der Waals surface area contributed by atoms with E-state index in [0.717, 1.165) is 17.3 Å². The lowest BCUT2D eigenvalue weighted by atomic mass is 9.98. The molecule has 5 nitrogen and oxygen atoms in total. The fourth-order valence-corrected chi connectivity index (χ4v) is 2.53. The summed E-state index contributed by atoms with van der Waals surface area (Å²) in [7, 11) is 1.38. The lowest BCUT2D eigenvalue weighted by Gasteiger charge is -2.31. The molecule has 0 spiro atoms. The maximum atomic E-state index is 12.2. The van der Waals surface area contributed by atoms with E-state index >= 15 is 0 Å². The van der Waals surface area contributed by atoms with E-state index in [1.54, 1.807) is 17.2 Å². The van der Waals surface area contributed by atoms with E-state index in [4.69, 9.17) is 4.74 Å². The SMILES string of the molecule is COC(=O)C1CCCN(C(=O)c2cc(Br)c[nH]2)C1. The molecule has 0 aromatic carbocycles. The minimum atomic E-state index is -0.236. The normalized spacial score (nSPS) is 19.7. The first-order chi connectivity index (χ1) is 8.61. The summed E-state index contributed by atoms with van der Waals surface area (Å²) in [6.07, 6.45) is 3.33. The number of rotatable bonds is 2. The van der Waals surface area contributed by atoms with Crippen LogP contribution in [0.1, 0.15) is 23.3 Å². The molecule has 1 aromatic heterocycles. The van der Waals surface area contributed by atoms with Crippen molar-refractivity contribution >= 4 is 27.8 Å². The number of nitrogens with zero attached hydrogens (tertiary/aromatic N) is 1. The number of esters is 1. The van der Waals surface area contributed by atoms with Crippen LogP contribution < -0.4 is 0 Å². The first kappa shape index (κ1) is 13.1. The molecule has 1 saturated heterocycles. The van der Waals surface area contributed by atoms with Crippen LogP contribution in [0, 0.1) is 5.92 Å². The maximum absolute atomic E-state index is 12.2. The number of hydrogen-bond acceptors (Lipinski definition) is 3. The number of halogens is 1. The van der Waals surface area contributed by atoms with Gasteiger partial charge in [0.1, 0.15) is 5.69 Å². The molecular formula is C12H15BrN2O3. The highest BCUT2D eigenvalue weighted by molar-refractivity contribution is 9.10. The van der Waals surface area contributed by atoms with E-state index in [1.165, 1.54) is 7.11 Å². The molecule has 0 aliphatic carbocycles. The predicted molar refractivity (Wildman–Crippen MR) is 69.1 cm³/mol. The molecule has 0 radical (unpaired) electrons. The van der Waals surface area contributed by atoms with Crippen LogP contribution in [0.25, 0.3) is 0 Å². The summed E-state index contributed by atoms with van der Waals surface area (Å²) in [5.74, 6) is -0.513. The lowest BCUT2D eigenvalue weighted by molar-refractivity contribution is -0.146. The van der Waals surface area contributed by atoms with Gasteiger partial charge in [-0.1, -0.05) is 0 Å². The van der Waals surface area contributed by atoms with Crippen molar-refractivity contribution in [1.82, 2.24) is 9.88 Å². The molecule has 98 valence electrons. The minimum absolute atomic E-state index is 0.0747. The molecule has 1 aliphatic rings. The van der Waals surface area contributed by atoms with Crippen molar-refractivity contribution < 1.29 is 14.3 Å². The van der Waals surface area contributed by atoms with E-state index in [0.29, 0.717) is 18.8 Å². The number of likely N-dealkylation sites (tertiary alicyclic amines) is 1. The highest BCUT2D eigenvalue weighted by Crippen LogP contribution is 2.20. The Morgan fingerprint density at radius 2 is 2.33 bits per heavy atom. The zero-order valence-electron chi connectivity index (χ0n) is 10.1. The molecule has 0 saturated carbocycles. The second-order valence-electron chi connectivity index (χ2n) is 4.35. The van der Waals surface area contributed by atoms with Crippen LogP contribution in [0.15, 0.2) is 16.7 Å². The summed E-state index contributed by atoms with van der Waals surface area (Å²) in [5, 5.41) is 0. The van der Waals surface area contributed by atoms with Crippen LogP contribution in [0.2, 0.25) is 0 Å².